The smallest absolute Gasteiger partial charge is 0.418 e. The molecule has 1 atom stereocenters. The van der Waals surface area contributed by atoms with E-state index in [4.69, 9.17) is 10.5 Å². The lowest BCUT2D eigenvalue weighted by atomic mass is 10.1. The van der Waals surface area contributed by atoms with Gasteiger partial charge in [0.1, 0.15) is 5.75 Å². The molecule has 2 aromatic carbocycles. The first kappa shape index (κ1) is 23.6. The monoisotopic (exact) mass is 440 g/mol. The maximum absolute atomic E-state index is 13.5. The quantitative estimate of drug-likeness (QED) is 0.557. The zero-order valence-corrected chi connectivity index (χ0v) is 17.4. The Balaban J connectivity index is 2.03. The molecule has 1 unspecified atom stereocenters. The second-order valence-electron chi connectivity index (χ2n) is 6.67. The first-order valence-corrected chi connectivity index (χ1v) is 10.1. The molecule has 2 amide bonds. The topological polar surface area (TPSA) is 81.4 Å². The molecule has 0 radical (unpaired) electrons. The summed E-state index contributed by atoms with van der Waals surface area (Å²) in [5.74, 6) is -0.851. The van der Waals surface area contributed by atoms with Gasteiger partial charge in [0.2, 0.25) is 5.91 Å². The van der Waals surface area contributed by atoms with E-state index in [9.17, 15) is 22.8 Å². The number of anilines is 1. The van der Waals surface area contributed by atoms with Crippen molar-refractivity contribution in [1.29, 1.82) is 0 Å². The third-order valence-electron chi connectivity index (χ3n) is 4.15. The molecule has 0 aromatic heterocycles. The van der Waals surface area contributed by atoms with Crippen molar-refractivity contribution < 1.29 is 27.5 Å². The summed E-state index contributed by atoms with van der Waals surface area (Å²) in [6, 6.07) is 10.2. The van der Waals surface area contributed by atoms with Crippen molar-refractivity contribution in [2.45, 2.75) is 43.0 Å². The first-order chi connectivity index (χ1) is 14.1. The van der Waals surface area contributed by atoms with E-state index in [-0.39, 0.29) is 17.4 Å². The van der Waals surface area contributed by atoms with Crippen molar-refractivity contribution in [3.8, 4) is 5.75 Å². The van der Waals surface area contributed by atoms with E-state index in [2.05, 4.69) is 5.32 Å². The van der Waals surface area contributed by atoms with Crippen LogP contribution in [0.15, 0.2) is 47.4 Å². The summed E-state index contributed by atoms with van der Waals surface area (Å²) in [7, 11) is 0. The number of thioether (sulfide) groups is 1. The normalized spacial score (nSPS) is 12.3. The Morgan fingerprint density at radius 2 is 1.83 bits per heavy atom. The summed E-state index contributed by atoms with van der Waals surface area (Å²) in [6.45, 7) is 3.43. The molecular weight excluding hydrogens is 417 g/mol. The third-order valence-corrected chi connectivity index (χ3v) is 5.42. The van der Waals surface area contributed by atoms with Gasteiger partial charge in [-0.3, -0.25) is 9.59 Å². The Morgan fingerprint density at radius 1 is 1.17 bits per heavy atom. The molecule has 0 aliphatic heterocycles. The van der Waals surface area contributed by atoms with Gasteiger partial charge in [-0.15, -0.1) is 11.8 Å². The highest BCUT2D eigenvalue weighted by Crippen LogP contribution is 2.38. The van der Waals surface area contributed by atoms with E-state index in [1.54, 1.807) is 30.3 Å². The summed E-state index contributed by atoms with van der Waals surface area (Å²) in [6.07, 6.45) is -3.70. The third kappa shape index (κ3) is 7.29. The molecule has 0 aliphatic carbocycles. The molecule has 0 aliphatic rings. The van der Waals surface area contributed by atoms with Crippen LogP contribution < -0.4 is 15.8 Å². The fraction of sp³-hybridized carbons (Fsp3) is 0.333. The number of halogens is 3. The Labute approximate surface area is 177 Å². The largest absolute Gasteiger partial charge is 0.484 e. The average Bonchev–Trinajstić information content (AvgIpc) is 2.67. The van der Waals surface area contributed by atoms with E-state index < -0.39 is 30.2 Å². The van der Waals surface area contributed by atoms with Crippen LogP contribution in [0, 0.1) is 0 Å². The lowest BCUT2D eigenvalue weighted by molar-refractivity contribution is -0.137. The molecule has 5 nitrogen and oxygen atoms in total. The van der Waals surface area contributed by atoms with E-state index in [1.807, 2.05) is 13.8 Å². The molecule has 3 N–H and O–H groups in total. The fourth-order valence-electron chi connectivity index (χ4n) is 2.50. The van der Waals surface area contributed by atoms with Gasteiger partial charge in [-0.05, 0) is 42.3 Å². The Hall–Kier alpha value is -2.68. The van der Waals surface area contributed by atoms with Crippen LogP contribution >= 0.6 is 11.8 Å². The van der Waals surface area contributed by atoms with Crippen LogP contribution in [0.4, 0.5) is 18.9 Å². The number of nitrogens with one attached hydrogen (secondary N) is 1. The summed E-state index contributed by atoms with van der Waals surface area (Å²) < 4.78 is 45.7. The summed E-state index contributed by atoms with van der Waals surface area (Å²) >= 11 is 1.35. The van der Waals surface area contributed by atoms with Crippen LogP contribution in [-0.2, 0) is 22.2 Å². The van der Waals surface area contributed by atoms with Gasteiger partial charge in [0.25, 0.3) is 5.91 Å². The van der Waals surface area contributed by atoms with Crippen LogP contribution in [0.5, 0.6) is 5.75 Å². The second-order valence-corrected chi connectivity index (χ2v) is 8.18. The maximum atomic E-state index is 13.5. The standard InChI is InChI=1S/C21H23F3N2O3S/c1-3-13(2)30-16-8-9-18(17(11-16)21(22,23)24)26-20(28)12-29-15-6-4-14(5-7-15)10-19(25)27/h4-9,11,13H,3,10,12H2,1-2H3,(H2,25,27)(H,26,28). The number of hydrogen-bond acceptors (Lipinski definition) is 4. The number of primary amides is 1. The Morgan fingerprint density at radius 3 is 2.40 bits per heavy atom. The molecular formula is C21H23F3N2O3S. The van der Waals surface area contributed by atoms with Gasteiger partial charge in [0, 0.05) is 10.1 Å². The molecule has 0 bridgehead atoms. The van der Waals surface area contributed by atoms with Gasteiger partial charge in [-0.1, -0.05) is 26.0 Å². The van der Waals surface area contributed by atoms with E-state index in [0.29, 0.717) is 16.2 Å². The molecule has 30 heavy (non-hydrogen) atoms. The minimum Gasteiger partial charge on any atom is -0.484 e. The maximum Gasteiger partial charge on any atom is 0.418 e. The predicted octanol–water partition coefficient (Wildman–Crippen LogP) is 4.64. The van der Waals surface area contributed by atoms with Crippen molar-refractivity contribution in [3.05, 3.63) is 53.6 Å². The summed E-state index contributed by atoms with van der Waals surface area (Å²) in [5.41, 5.74) is 4.58. The number of nitrogens with two attached hydrogens (primary N) is 1. The van der Waals surface area contributed by atoms with Gasteiger partial charge >= 0.3 is 6.18 Å². The molecule has 0 fully saturated rings. The number of rotatable bonds is 9. The number of carbonyl (C=O) groups is 2. The van der Waals surface area contributed by atoms with E-state index in [1.165, 1.54) is 17.8 Å². The molecule has 2 aromatic rings. The van der Waals surface area contributed by atoms with E-state index in [0.717, 1.165) is 12.5 Å². The van der Waals surface area contributed by atoms with Crippen LogP contribution in [0.3, 0.4) is 0 Å². The highest BCUT2D eigenvalue weighted by atomic mass is 32.2. The number of hydrogen-bond donors (Lipinski definition) is 2. The zero-order chi connectivity index (χ0) is 22.3. The van der Waals surface area contributed by atoms with Crippen molar-refractivity contribution in [1.82, 2.24) is 0 Å². The van der Waals surface area contributed by atoms with Crippen LogP contribution in [0.1, 0.15) is 31.4 Å². The van der Waals surface area contributed by atoms with Crippen molar-refractivity contribution in [2.24, 2.45) is 5.73 Å². The van der Waals surface area contributed by atoms with Gasteiger partial charge in [-0.25, -0.2) is 0 Å². The second kappa shape index (κ2) is 10.4. The number of benzene rings is 2. The molecule has 0 heterocycles. The fourth-order valence-corrected chi connectivity index (χ4v) is 3.46. The highest BCUT2D eigenvalue weighted by molar-refractivity contribution is 7.99. The number of amides is 2. The van der Waals surface area contributed by atoms with Gasteiger partial charge in [0.15, 0.2) is 6.61 Å². The summed E-state index contributed by atoms with van der Waals surface area (Å²) in [5, 5.41) is 2.44. The molecule has 0 saturated carbocycles. The predicted molar refractivity (Wildman–Crippen MR) is 111 cm³/mol. The first-order valence-electron chi connectivity index (χ1n) is 9.26. The lowest BCUT2D eigenvalue weighted by Crippen LogP contribution is -2.22. The molecule has 0 spiro atoms. The Bertz CT molecular complexity index is 886. The molecule has 9 heteroatoms. The number of carbonyl (C=O) groups excluding carboxylic acids is 2. The SMILES string of the molecule is CCC(C)Sc1ccc(NC(=O)COc2ccc(CC(N)=O)cc2)c(C(F)(F)F)c1. The van der Waals surface area contributed by atoms with Crippen molar-refractivity contribution in [2.75, 3.05) is 11.9 Å². The van der Waals surface area contributed by atoms with Crippen LogP contribution in [0.2, 0.25) is 0 Å². The van der Waals surface area contributed by atoms with Crippen molar-refractivity contribution >= 4 is 29.3 Å². The number of alkyl halides is 3. The average molecular weight is 440 g/mol. The van der Waals surface area contributed by atoms with Gasteiger partial charge in [0.05, 0.1) is 17.7 Å². The number of ether oxygens (including phenoxy) is 1. The Kier molecular flexibility index (Phi) is 8.16. The van der Waals surface area contributed by atoms with Crippen LogP contribution in [0.25, 0.3) is 0 Å². The summed E-state index contributed by atoms with van der Waals surface area (Å²) in [4.78, 5) is 23.5. The zero-order valence-electron chi connectivity index (χ0n) is 16.6. The minimum atomic E-state index is -4.61. The molecule has 2 rings (SSSR count). The lowest BCUT2D eigenvalue weighted by Gasteiger charge is -2.16. The van der Waals surface area contributed by atoms with Gasteiger partial charge in [-0.2, -0.15) is 13.2 Å². The van der Waals surface area contributed by atoms with Crippen LogP contribution in [-0.4, -0.2) is 23.7 Å². The van der Waals surface area contributed by atoms with E-state index >= 15 is 0 Å². The molecule has 0 saturated heterocycles. The van der Waals surface area contributed by atoms with Gasteiger partial charge < -0.3 is 15.8 Å². The highest BCUT2D eigenvalue weighted by Gasteiger charge is 2.34. The van der Waals surface area contributed by atoms with Crippen molar-refractivity contribution in [3.63, 3.8) is 0 Å². The minimum absolute atomic E-state index is 0.0757. The molecule has 162 valence electrons.